The van der Waals surface area contributed by atoms with Gasteiger partial charge in [-0.3, -0.25) is 4.79 Å². The maximum atomic E-state index is 13.5. The highest BCUT2D eigenvalue weighted by Crippen LogP contribution is 2.35. The van der Waals surface area contributed by atoms with Gasteiger partial charge in [0.1, 0.15) is 0 Å². The zero-order valence-electron chi connectivity index (χ0n) is 14.9. The molecule has 2 aromatic carbocycles. The van der Waals surface area contributed by atoms with Gasteiger partial charge >= 0.3 is 0 Å². The number of hydrogen-bond acceptors (Lipinski definition) is 4. The van der Waals surface area contributed by atoms with Gasteiger partial charge in [0.05, 0.1) is 4.90 Å². The van der Waals surface area contributed by atoms with Crippen LogP contribution in [0.1, 0.15) is 35.2 Å². The second kappa shape index (κ2) is 8.10. The second-order valence-electron chi connectivity index (χ2n) is 6.90. The van der Waals surface area contributed by atoms with Crippen LogP contribution in [0.5, 0.6) is 0 Å². The quantitative estimate of drug-likeness (QED) is 0.793. The van der Waals surface area contributed by atoms with Crippen LogP contribution < -0.4 is 5.32 Å². The van der Waals surface area contributed by atoms with Crippen molar-refractivity contribution in [1.29, 1.82) is 0 Å². The minimum Gasteiger partial charge on any atom is -0.315 e. The van der Waals surface area contributed by atoms with E-state index in [0.29, 0.717) is 12.1 Å². The first-order chi connectivity index (χ1) is 12.6. The summed E-state index contributed by atoms with van der Waals surface area (Å²) in [5, 5.41) is 3.32. The van der Waals surface area contributed by atoms with E-state index < -0.39 is 10.0 Å². The fraction of sp³-hybridized carbons (Fsp3) is 0.350. The van der Waals surface area contributed by atoms with Gasteiger partial charge in [-0.15, -0.1) is 12.4 Å². The largest absolute Gasteiger partial charge is 0.315 e. The van der Waals surface area contributed by atoms with Gasteiger partial charge in [-0.1, -0.05) is 42.5 Å². The third-order valence-electron chi connectivity index (χ3n) is 5.31. The molecule has 2 bridgehead atoms. The van der Waals surface area contributed by atoms with Gasteiger partial charge in [-0.25, -0.2) is 8.42 Å². The summed E-state index contributed by atoms with van der Waals surface area (Å²) in [5.74, 6) is -0.259. The lowest BCUT2D eigenvalue weighted by atomic mass is 10.0. The highest BCUT2D eigenvalue weighted by molar-refractivity contribution is 7.89. The third kappa shape index (κ3) is 3.67. The van der Waals surface area contributed by atoms with E-state index in [2.05, 4.69) is 5.32 Å². The Kier molecular flexibility index (Phi) is 6.01. The standard InChI is InChI=1S/C20H22N2O3S.ClH/c23-20(15-6-2-1-3-7-15)18-8-4-5-9-19(18)26(24,25)22-16-10-11-17(22)14-21-13-12-16;/h1-9,16-17,21H,10-14H2;1H. The van der Waals surface area contributed by atoms with Crippen molar-refractivity contribution in [3.05, 3.63) is 65.7 Å². The molecule has 0 aromatic heterocycles. The monoisotopic (exact) mass is 406 g/mol. The Balaban J connectivity index is 0.00000210. The van der Waals surface area contributed by atoms with Crippen molar-refractivity contribution in [2.24, 2.45) is 0 Å². The zero-order valence-corrected chi connectivity index (χ0v) is 16.5. The van der Waals surface area contributed by atoms with Gasteiger partial charge < -0.3 is 5.32 Å². The summed E-state index contributed by atoms with van der Waals surface area (Å²) in [7, 11) is -3.73. The molecular weight excluding hydrogens is 384 g/mol. The summed E-state index contributed by atoms with van der Waals surface area (Å²) >= 11 is 0. The Morgan fingerprint density at radius 2 is 1.59 bits per heavy atom. The fourth-order valence-corrected chi connectivity index (χ4v) is 6.16. The molecule has 5 nitrogen and oxygen atoms in total. The normalized spacial score (nSPS) is 22.7. The van der Waals surface area contributed by atoms with Crippen LogP contribution in [-0.4, -0.2) is 43.7 Å². The molecule has 2 aromatic rings. The summed E-state index contributed by atoms with van der Waals surface area (Å²) < 4.78 is 28.7. The lowest BCUT2D eigenvalue weighted by Gasteiger charge is -2.27. The molecule has 2 atom stereocenters. The van der Waals surface area contributed by atoms with Crippen LogP contribution in [0.3, 0.4) is 0 Å². The van der Waals surface area contributed by atoms with E-state index in [-0.39, 0.29) is 40.7 Å². The Bertz CT molecular complexity index is 904. The van der Waals surface area contributed by atoms with E-state index in [1.165, 1.54) is 0 Å². The molecular formula is C20H23ClN2O3S. The molecule has 0 spiro atoms. The summed E-state index contributed by atoms with van der Waals surface area (Å²) in [6.45, 7) is 1.50. The maximum absolute atomic E-state index is 13.5. The average molecular weight is 407 g/mol. The Morgan fingerprint density at radius 3 is 2.37 bits per heavy atom. The number of hydrogen-bond donors (Lipinski definition) is 1. The van der Waals surface area contributed by atoms with Gasteiger partial charge in [0.2, 0.25) is 10.0 Å². The van der Waals surface area contributed by atoms with Crippen molar-refractivity contribution in [2.45, 2.75) is 36.2 Å². The Hall–Kier alpha value is -1.73. The number of halogens is 1. The lowest BCUT2D eigenvalue weighted by molar-refractivity contribution is 0.103. The fourth-order valence-electron chi connectivity index (χ4n) is 4.07. The number of sulfonamides is 1. The first-order valence-electron chi connectivity index (χ1n) is 9.02. The maximum Gasteiger partial charge on any atom is 0.244 e. The van der Waals surface area contributed by atoms with E-state index in [1.54, 1.807) is 52.8 Å². The smallest absolute Gasteiger partial charge is 0.244 e. The molecule has 2 aliphatic heterocycles. The molecule has 0 radical (unpaired) electrons. The molecule has 2 saturated heterocycles. The van der Waals surface area contributed by atoms with Crippen molar-refractivity contribution >= 4 is 28.2 Å². The SMILES string of the molecule is Cl.O=C(c1ccccc1)c1ccccc1S(=O)(=O)N1C2CCNCC1CC2. The third-order valence-corrected chi connectivity index (χ3v) is 7.37. The second-order valence-corrected chi connectivity index (χ2v) is 8.72. The minimum absolute atomic E-state index is 0. The number of rotatable bonds is 4. The van der Waals surface area contributed by atoms with Crippen LogP contribution in [0, 0.1) is 0 Å². The summed E-state index contributed by atoms with van der Waals surface area (Å²) in [6, 6.07) is 15.4. The molecule has 2 fully saturated rings. The van der Waals surface area contributed by atoms with Gasteiger partial charge in [0.15, 0.2) is 5.78 Å². The van der Waals surface area contributed by atoms with Crippen LogP contribution >= 0.6 is 12.4 Å². The van der Waals surface area contributed by atoms with Crippen molar-refractivity contribution in [1.82, 2.24) is 9.62 Å². The van der Waals surface area contributed by atoms with Crippen LogP contribution in [0.4, 0.5) is 0 Å². The molecule has 144 valence electrons. The molecule has 1 N–H and O–H groups in total. The topological polar surface area (TPSA) is 66.5 Å². The molecule has 27 heavy (non-hydrogen) atoms. The molecule has 0 saturated carbocycles. The Labute approximate surface area is 166 Å². The van der Waals surface area contributed by atoms with E-state index in [0.717, 1.165) is 25.8 Å². The number of carbonyl (C=O) groups excluding carboxylic acids is 1. The van der Waals surface area contributed by atoms with Gasteiger partial charge in [0.25, 0.3) is 0 Å². The van der Waals surface area contributed by atoms with Crippen molar-refractivity contribution in [3.63, 3.8) is 0 Å². The molecule has 2 aliphatic rings. The molecule has 7 heteroatoms. The number of fused-ring (bicyclic) bond motifs is 2. The van der Waals surface area contributed by atoms with E-state index in [9.17, 15) is 13.2 Å². The Morgan fingerprint density at radius 1 is 0.926 bits per heavy atom. The van der Waals surface area contributed by atoms with Crippen molar-refractivity contribution in [2.75, 3.05) is 13.1 Å². The predicted octanol–water partition coefficient (Wildman–Crippen LogP) is 2.85. The molecule has 0 amide bonds. The average Bonchev–Trinajstić information content (AvgIpc) is 2.95. The number of carbonyl (C=O) groups is 1. The first-order valence-corrected chi connectivity index (χ1v) is 10.5. The number of ketones is 1. The molecule has 2 unspecified atom stereocenters. The number of nitrogens with one attached hydrogen (secondary N) is 1. The van der Waals surface area contributed by atoms with Crippen LogP contribution in [0.2, 0.25) is 0 Å². The van der Waals surface area contributed by atoms with E-state index in [1.807, 2.05) is 6.07 Å². The summed E-state index contributed by atoms with van der Waals surface area (Å²) in [5.41, 5.74) is 0.742. The lowest BCUT2D eigenvalue weighted by Crippen LogP contribution is -2.42. The van der Waals surface area contributed by atoms with Crippen LogP contribution in [0.25, 0.3) is 0 Å². The van der Waals surface area contributed by atoms with Crippen molar-refractivity contribution in [3.8, 4) is 0 Å². The van der Waals surface area contributed by atoms with Crippen LogP contribution in [0.15, 0.2) is 59.5 Å². The van der Waals surface area contributed by atoms with Gasteiger partial charge in [-0.2, -0.15) is 4.31 Å². The number of benzene rings is 2. The van der Waals surface area contributed by atoms with Crippen LogP contribution in [-0.2, 0) is 10.0 Å². The zero-order chi connectivity index (χ0) is 18.1. The molecule has 0 aliphatic carbocycles. The first kappa shape index (κ1) is 20.0. The highest BCUT2D eigenvalue weighted by Gasteiger charge is 2.44. The molecule has 2 heterocycles. The van der Waals surface area contributed by atoms with Gasteiger partial charge in [-0.05, 0) is 37.9 Å². The summed E-state index contributed by atoms with van der Waals surface area (Å²) in [4.78, 5) is 13.1. The number of nitrogens with zero attached hydrogens (tertiary/aromatic N) is 1. The predicted molar refractivity (Wildman–Crippen MR) is 107 cm³/mol. The van der Waals surface area contributed by atoms with E-state index in [4.69, 9.17) is 0 Å². The van der Waals surface area contributed by atoms with Gasteiger partial charge in [0, 0.05) is 29.8 Å². The van der Waals surface area contributed by atoms with E-state index >= 15 is 0 Å². The molecule has 4 rings (SSSR count). The minimum atomic E-state index is -3.73. The highest BCUT2D eigenvalue weighted by atomic mass is 35.5. The summed E-state index contributed by atoms with van der Waals surface area (Å²) in [6.07, 6.45) is 2.57. The van der Waals surface area contributed by atoms with Crippen molar-refractivity contribution < 1.29 is 13.2 Å².